The molecule has 0 spiro atoms. The van der Waals surface area contributed by atoms with E-state index in [1.807, 2.05) is 20.8 Å². The summed E-state index contributed by atoms with van der Waals surface area (Å²) in [5.41, 5.74) is 2.96. The zero-order chi connectivity index (χ0) is 11.6. The summed E-state index contributed by atoms with van der Waals surface area (Å²) < 4.78 is 0. The van der Waals surface area contributed by atoms with Gasteiger partial charge in [0.1, 0.15) is 5.75 Å². The van der Waals surface area contributed by atoms with E-state index in [4.69, 9.17) is 5.11 Å². The lowest BCUT2D eigenvalue weighted by Gasteiger charge is -2.17. The molecule has 0 aromatic heterocycles. The van der Waals surface area contributed by atoms with Crippen LogP contribution in [0.5, 0.6) is 5.75 Å². The van der Waals surface area contributed by atoms with E-state index in [0.717, 1.165) is 11.1 Å². The van der Waals surface area contributed by atoms with Crippen molar-refractivity contribution in [1.29, 1.82) is 0 Å². The second kappa shape index (κ2) is 4.64. The van der Waals surface area contributed by atoms with Crippen LogP contribution in [0.15, 0.2) is 6.07 Å². The minimum atomic E-state index is -0.209. The van der Waals surface area contributed by atoms with E-state index in [9.17, 15) is 10.2 Å². The average Bonchev–Trinajstić information content (AvgIpc) is 2.18. The molecule has 1 rings (SSSR count). The SMILES string of the molecule is Cc1c(C(C)C)cc(CO)c(O)c1CO. The van der Waals surface area contributed by atoms with Gasteiger partial charge >= 0.3 is 0 Å². The molecule has 84 valence electrons. The third-order valence-corrected chi connectivity index (χ3v) is 2.76. The number of benzene rings is 1. The number of rotatable bonds is 3. The quantitative estimate of drug-likeness (QED) is 0.713. The number of hydrogen-bond donors (Lipinski definition) is 3. The number of hydrogen-bond acceptors (Lipinski definition) is 3. The van der Waals surface area contributed by atoms with Crippen molar-refractivity contribution in [3.63, 3.8) is 0 Å². The maximum Gasteiger partial charge on any atom is 0.126 e. The van der Waals surface area contributed by atoms with Gasteiger partial charge in [0.05, 0.1) is 13.2 Å². The first-order valence-electron chi connectivity index (χ1n) is 5.08. The molecule has 0 unspecified atom stereocenters. The predicted octanol–water partition coefficient (Wildman–Crippen LogP) is 1.81. The average molecular weight is 210 g/mol. The van der Waals surface area contributed by atoms with Crippen molar-refractivity contribution in [1.82, 2.24) is 0 Å². The van der Waals surface area contributed by atoms with Crippen LogP contribution in [-0.2, 0) is 13.2 Å². The van der Waals surface area contributed by atoms with Crippen LogP contribution in [0.3, 0.4) is 0 Å². The van der Waals surface area contributed by atoms with Gasteiger partial charge in [-0.25, -0.2) is 0 Å². The van der Waals surface area contributed by atoms with E-state index in [-0.39, 0.29) is 19.0 Å². The van der Waals surface area contributed by atoms with Crippen LogP contribution >= 0.6 is 0 Å². The van der Waals surface area contributed by atoms with Gasteiger partial charge in [0.2, 0.25) is 0 Å². The van der Waals surface area contributed by atoms with Crippen LogP contribution in [0.2, 0.25) is 0 Å². The molecule has 1 aromatic rings. The van der Waals surface area contributed by atoms with Crippen molar-refractivity contribution in [3.05, 3.63) is 28.3 Å². The third kappa shape index (κ3) is 2.13. The molecule has 15 heavy (non-hydrogen) atoms. The fraction of sp³-hybridized carbons (Fsp3) is 0.500. The zero-order valence-electron chi connectivity index (χ0n) is 9.41. The smallest absolute Gasteiger partial charge is 0.126 e. The zero-order valence-corrected chi connectivity index (χ0v) is 9.41. The van der Waals surface area contributed by atoms with Crippen molar-refractivity contribution < 1.29 is 15.3 Å². The number of aromatic hydroxyl groups is 1. The first-order chi connectivity index (χ1) is 7.02. The topological polar surface area (TPSA) is 60.7 Å². The minimum absolute atomic E-state index is 0.0156. The summed E-state index contributed by atoms with van der Waals surface area (Å²) in [7, 11) is 0. The lowest BCUT2D eigenvalue weighted by atomic mass is 9.91. The molecule has 0 radical (unpaired) electrons. The molecule has 0 aliphatic rings. The Bertz CT molecular complexity index is 356. The molecule has 3 N–H and O–H groups in total. The summed E-state index contributed by atoms with van der Waals surface area (Å²) in [6.45, 7) is 5.55. The van der Waals surface area contributed by atoms with Gasteiger partial charge in [-0.15, -0.1) is 0 Å². The Morgan fingerprint density at radius 3 is 2.20 bits per heavy atom. The molecule has 0 atom stereocenters. The maximum absolute atomic E-state index is 9.76. The van der Waals surface area contributed by atoms with Gasteiger partial charge in [0.25, 0.3) is 0 Å². The Kier molecular flexibility index (Phi) is 3.72. The highest BCUT2D eigenvalue weighted by Crippen LogP contribution is 2.32. The van der Waals surface area contributed by atoms with Gasteiger partial charge in [-0.1, -0.05) is 13.8 Å². The fourth-order valence-electron chi connectivity index (χ4n) is 1.82. The normalized spacial score (nSPS) is 11.1. The van der Waals surface area contributed by atoms with Gasteiger partial charge in [0, 0.05) is 11.1 Å². The largest absolute Gasteiger partial charge is 0.507 e. The van der Waals surface area contributed by atoms with Crippen LogP contribution in [0.4, 0.5) is 0 Å². The Labute approximate surface area is 90.0 Å². The molecule has 0 heterocycles. The first kappa shape index (κ1) is 12.0. The van der Waals surface area contributed by atoms with Crippen molar-refractivity contribution in [3.8, 4) is 5.75 Å². The van der Waals surface area contributed by atoms with E-state index < -0.39 is 0 Å². The lowest BCUT2D eigenvalue weighted by Crippen LogP contribution is -2.02. The predicted molar refractivity (Wildman–Crippen MR) is 58.8 cm³/mol. The molecule has 0 amide bonds. The summed E-state index contributed by atoms with van der Waals surface area (Å²) >= 11 is 0. The maximum atomic E-state index is 9.76. The number of aliphatic hydroxyl groups excluding tert-OH is 2. The Morgan fingerprint density at radius 1 is 1.20 bits per heavy atom. The third-order valence-electron chi connectivity index (χ3n) is 2.76. The van der Waals surface area contributed by atoms with Gasteiger partial charge in [-0.3, -0.25) is 0 Å². The summed E-state index contributed by atoms with van der Waals surface area (Å²) in [5.74, 6) is 0.322. The summed E-state index contributed by atoms with van der Waals surface area (Å²) in [6.07, 6.45) is 0. The Balaban J connectivity index is 3.44. The van der Waals surface area contributed by atoms with Crippen LogP contribution in [0.25, 0.3) is 0 Å². The lowest BCUT2D eigenvalue weighted by molar-refractivity contribution is 0.262. The molecule has 0 bridgehead atoms. The van der Waals surface area contributed by atoms with E-state index in [0.29, 0.717) is 17.0 Å². The molecular formula is C12H18O3. The van der Waals surface area contributed by atoms with E-state index >= 15 is 0 Å². The van der Waals surface area contributed by atoms with Crippen LogP contribution in [0, 0.1) is 6.92 Å². The molecule has 0 fully saturated rings. The van der Waals surface area contributed by atoms with Crippen molar-refractivity contribution in [2.75, 3.05) is 0 Å². The van der Waals surface area contributed by atoms with Crippen LogP contribution < -0.4 is 0 Å². The molecule has 1 aromatic carbocycles. The van der Waals surface area contributed by atoms with E-state index in [2.05, 4.69) is 0 Å². The van der Waals surface area contributed by atoms with Crippen molar-refractivity contribution in [2.24, 2.45) is 0 Å². The van der Waals surface area contributed by atoms with Crippen LogP contribution in [-0.4, -0.2) is 15.3 Å². The summed E-state index contributed by atoms with van der Waals surface area (Å²) in [6, 6.07) is 1.80. The molecule has 0 saturated heterocycles. The monoisotopic (exact) mass is 210 g/mol. The highest BCUT2D eigenvalue weighted by atomic mass is 16.3. The van der Waals surface area contributed by atoms with Crippen molar-refractivity contribution in [2.45, 2.75) is 39.9 Å². The number of phenols is 1. The molecule has 0 aliphatic carbocycles. The highest BCUT2D eigenvalue weighted by Gasteiger charge is 2.15. The highest BCUT2D eigenvalue weighted by molar-refractivity contribution is 5.49. The second-order valence-electron chi connectivity index (χ2n) is 4.05. The fourth-order valence-corrected chi connectivity index (χ4v) is 1.82. The Hall–Kier alpha value is -1.06. The standard InChI is InChI=1S/C12H18O3/c1-7(2)10-4-9(5-13)12(15)11(6-14)8(10)3/h4,7,13-15H,5-6H2,1-3H3. The van der Waals surface area contributed by atoms with Gasteiger partial charge in [-0.05, 0) is 30.0 Å². The molecule has 3 nitrogen and oxygen atoms in total. The van der Waals surface area contributed by atoms with Crippen molar-refractivity contribution >= 4 is 0 Å². The molecule has 3 heteroatoms. The van der Waals surface area contributed by atoms with Gasteiger partial charge in [0.15, 0.2) is 0 Å². The van der Waals surface area contributed by atoms with E-state index in [1.54, 1.807) is 6.07 Å². The minimum Gasteiger partial charge on any atom is -0.507 e. The van der Waals surface area contributed by atoms with Gasteiger partial charge in [-0.2, -0.15) is 0 Å². The first-order valence-corrected chi connectivity index (χ1v) is 5.08. The molecular weight excluding hydrogens is 192 g/mol. The summed E-state index contributed by atoms with van der Waals surface area (Å²) in [4.78, 5) is 0. The molecule has 0 aliphatic heterocycles. The summed E-state index contributed by atoms with van der Waals surface area (Å²) in [5, 5.41) is 28.0. The van der Waals surface area contributed by atoms with E-state index in [1.165, 1.54) is 0 Å². The second-order valence-corrected chi connectivity index (χ2v) is 4.05. The molecule has 0 saturated carbocycles. The van der Waals surface area contributed by atoms with Crippen LogP contribution in [0.1, 0.15) is 42.0 Å². The van der Waals surface area contributed by atoms with Gasteiger partial charge < -0.3 is 15.3 Å². The Morgan fingerprint density at radius 2 is 1.80 bits per heavy atom. The number of aliphatic hydroxyl groups is 2.